The molecule has 0 aliphatic carbocycles. The summed E-state index contributed by atoms with van der Waals surface area (Å²) in [6, 6.07) is 24.7. The van der Waals surface area contributed by atoms with Crippen LogP contribution in [0.5, 0.6) is 0 Å². The summed E-state index contributed by atoms with van der Waals surface area (Å²) >= 11 is 0. The van der Waals surface area contributed by atoms with Crippen molar-refractivity contribution >= 4 is 17.9 Å². The minimum Gasteiger partial charge on any atom is -0.452 e. The molecular formula is C28H25N3O7. The number of hydrogen-bond acceptors (Lipinski definition) is 8. The van der Waals surface area contributed by atoms with Crippen LogP contribution in [0.2, 0.25) is 0 Å². The fourth-order valence-corrected chi connectivity index (χ4v) is 4.10. The summed E-state index contributed by atoms with van der Waals surface area (Å²) in [4.78, 5) is 41.9. The van der Waals surface area contributed by atoms with Gasteiger partial charge in [-0.25, -0.2) is 14.4 Å². The monoisotopic (exact) mass is 515 g/mol. The quantitative estimate of drug-likeness (QED) is 0.139. The van der Waals surface area contributed by atoms with E-state index >= 15 is 0 Å². The third-order valence-corrected chi connectivity index (χ3v) is 5.95. The van der Waals surface area contributed by atoms with E-state index in [0.717, 1.165) is 0 Å². The van der Waals surface area contributed by atoms with Crippen LogP contribution < -0.4 is 0 Å². The van der Waals surface area contributed by atoms with Crippen molar-refractivity contribution in [3.8, 4) is 0 Å². The Kier molecular flexibility index (Phi) is 8.71. The molecule has 0 N–H and O–H groups in total. The second-order valence-corrected chi connectivity index (χ2v) is 8.50. The summed E-state index contributed by atoms with van der Waals surface area (Å²) in [5.41, 5.74) is 9.68. The zero-order valence-electron chi connectivity index (χ0n) is 20.5. The zero-order chi connectivity index (χ0) is 26.9. The lowest BCUT2D eigenvalue weighted by Gasteiger charge is -2.43. The Labute approximate surface area is 218 Å². The van der Waals surface area contributed by atoms with E-state index < -0.39 is 48.4 Å². The maximum absolute atomic E-state index is 13.1. The van der Waals surface area contributed by atoms with Gasteiger partial charge in [0.2, 0.25) is 0 Å². The van der Waals surface area contributed by atoms with Gasteiger partial charge in [0.05, 0.1) is 29.3 Å². The molecule has 0 saturated carbocycles. The molecule has 38 heavy (non-hydrogen) atoms. The Balaban J connectivity index is 1.70. The van der Waals surface area contributed by atoms with E-state index in [-0.39, 0.29) is 23.2 Å². The van der Waals surface area contributed by atoms with Crippen molar-refractivity contribution in [1.82, 2.24) is 0 Å². The topological polar surface area (TPSA) is 137 Å². The van der Waals surface area contributed by atoms with Crippen molar-refractivity contribution in [1.29, 1.82) is 0 Å². The summed E-state index contributed by atoms with van der Waals surface area (Å²) in [6.07, 6.45) is -5.46. The average Bonchev–Trinajstić information content (AvgIpc) is 2.96. The normalized spacial score (nSPS) is 22.4. The lowest BCUT2D eigenvalue weighted by atomic mass is 9.94. The predicted octanol–water partition coefficient (Wildman–Crippen LogP) is 4.76. The highest BCUT2D eigenvalue weighted by Crippen LogP contribution is 2.30. The van der Waals surface area contributed by atoms with Gasteiger partial charge in [0.15, 0.2) is 18.3 Å². The Hall–Kier alpha value is -4.66. The number of azide groups is 1. The summed E-state index contributed by atoms with van der Waals surface area (Å²) in [5.74, 6) is -2.10. The van der Waals surface area contributed by atoms with E-state index in [1.807, 2.05) is 0 Å². The zero-order valence-corrected chi connectivity index (χ0v) is 20.5. The standard InChI is InChI=1S/C28H25N3O7/c1-18-23(36-26(32)19-11-5-2-6-12-19)25(38-28(34)21-15-9-4-10-16-21)24(22(35-18)17-30-31-29)37-27(33)20-13-7-3-8-14-20/h2-16,18,22-25H,17H2,1H3/t18-,22?,23?,24-,25+/m0/s1. The molecule has 10 nitrogen and oxygen atoms in total. The molecule has 1 aliphatic heterocycles. The molecule has 0 aromatic heterocycles. The van der Waals surface area contributed by atoms with E-state index in [4.69, 9.17) is 24.5 Å². The van der Waals surface area contributed by atoms with Crippen LogP contribution >= 0.6 is 0 Å². The molecule has 3 aromatic carbocycles. The number of hydrogen-bond donors (Lipinski definition) is 0. The van der Waals surface area contributed by atoms with Gasteiger partial charge >= 0.3 is 17.9 Å². The first-order chi connectivity index (χ1) is 18.5. The van der Waals surface area contributed by atoms with Crippen LogP contribution in [0.4, 0.5) is 0 Å². The van der Waals surface area contributed by atoms with Crippen molar-refractivity contribution in [3.05, 3.63) is 118 Å². The molecule has 0 spiro atoms. The van der Waals surface area contributed by atoms with E-state index in [9.17, 15) is 14.4 Å². The predicted molar refractivity (Wildman–Crippen MR) is 135 cm³/mol. The largest absolute Gasteiger partial charge is 0.452 e. The lowest BCUT2D eigenvalue weighted by molar-refractivity contribution is -0.214. The molecule has 1 saturated heterocycles. The van der Waals surface area contributed by atoms with E-state index in [0.29, 0.717) is 0 Å². The molecule has 1 aliphatic rings. The van der Waals surface area contributed by atoms with Crippen molar-refractivity contribution in [2.24, 2.45) is 5.11 Å². The maximum atomic E-state index is 13.1. The number of carbonyl (C=O) groups excluding carboxylic acids is 3. The van der Waals surface area contributed by atoms with Crippen LogP contribution in [0, 0.1) is 0 Å². The first-order valence-electron chi connectivity index (χ1n) is 11.9. The highest BCUT2D eigenvalue weighted by Gasteiger charge is 2.50. The Morgan fingerprint density at radius 1 is 0.711 bits per heavy atom. The van der Waals surface area contributed by atoms with Crippen LogP contribution in [0.25, 0.3) is 10.4 Å². The number of esters is 3. The summed E-state index contributed by atoms with van der Waals surface area (Å²) < 4.78 is 23.4. The number of rotatable bonds is 8. The van der Waals surface area contributed by atoms with Crippen LogP contribution in [0.3, 0.4) is 0 Å². The number of benzene rings is 3. The Bertz CT molecular complexity index is 1300. The van der Waals surface area contributed by atoms with Crippen molar-refractivity contribution in [2.75, 3.05) is 6.54 Å². The Morgan fingerprint density at radius 2 is 1.11 bits per heavy atom. The molecule has 0 bridgehead atoms. The molecule has 0 radical (unpaired) electrons. The molecule has 0 amide bonds. The molecule has 1 fully saturated rings. The van der Waals surface area contributed by atoms with Crippen LogP contribution in [-0.2, 0) is 18.9 Å². The average molecular weight is 516 g/mol. The first kappa shape index (κ1) is 26.4. The van der Waals surface area contributed by atoms with Crippen LogP contribution in [0.1, 0.15) is 38.0 Å². The van der Waals surface area contributed by atoms with Gasteiger partial charge in [-0.1, -0.05) is 59.7 Å². The summed E-state index contributed by atoms with van der Waals surface area (Å²) in [7, 11) is 0. The maximum Gasteiger partial charge on any atom is 0.338 e. The fourth-order valence-electron chi connectivity index (χ4n) is 4.10. The minimum atomic E-state index is -1.27. The van der Waals surface area contributed by atoms with E-state index in [2.05, 4.69) is 10.0 Å². The van der Waals surface area contributed by atoms with Gasteiger partial charge in [0.1, 0.15) is 6.10 Å². The number of nitrogens with zero attached hydrogens (tertiary/aromatic N) is 3. The van der Waals surface area contributed by atoms with Gasteiger partial charge in [-0.3, -0.25) is 0 Å². The van der Waals surface area contributed by atoms with Gasteiger partial charge < -0.3 is 18.9 Å². The second kappa shape index (κ2) is 12.5. The number of carbonyl (C=O) groups is 3. The van der Waals surface area contributed by atoms with Crippen molar-refractivity contribution in [2.45, 2.75) is 37.4 Å². The third-order valence-electron chi connectivity index (χ3n) is 5.95. The highest BCUT2D eigenvalue weighted by molar-refractivity contribution is 5.91. The summed E-state index contributed by atoms with van der Waals surface area (Å²) in [6.45, 7) is 1.41. The molecule has 2 unspecified atom stereocenters. The van der Waals surface area contributed by atoms with Crippen LogP contribution in [-0.4, -0.2) is 55.0 Å². The van der Waals surface area contributed by atoms with Gasteiger partial charge in [0, 0.05) is 4.91 Å². The second-order valence-electron chi connectivity index (χ2n) is 8.50. The molecule has 1 heterocycles. The lowest BCUT2D eigenvalue weighted by Crippen LogP contribution is -2.61. The van der Waals surface area contributed by atoms with E-state index in [1.54, 1.807) is 97.9 Å². The Morgan fingerprint density at radius 3 is 1.53 bits per heavy atom. The SMILES string of the molecule is C[C@@H]1OC(CN=[N+]=[N-])[C@H](OC(=O)c2ccccc2)[C@H](OC(=O)c2ccccc2)C1OC(=O)c1ccccc1. The number of ether oxygens (including phenoxy) is 4. The van der Waals surface area contributed by atoms with Gasteiger partial charge in [0.25, 0.3) is 0 Å². The molecule has 10 heteroatoms. The smallest absolute Gasteiger partial charge is 0.338 e. The molecule has 194 valence electrons. The van der Waals surface area contributed by atoms with Crippen molar-refractivity contribution < 1.29 is 33.3 Å². The fraction of sp³-hybridized carbons (Fsp3) is 0.250. The first-order valence-corrected chi connectivity index (χ1v) is 11.9. The van der Waals surface area contributed by atoms with Crippen molar-refractivity contribution in [3.63, 3.8) is 0 Å². The molecular weight excluding hydrogens is 490 g/mol. The highest BCUT2D eigenvalue weighted by atomic mass is 16.6. The van der Waals surface area contributed by atoms with E-state index in [1.165, 1.54) is 0 Å². The van der Waals surface area contributed by atoms with Gasteiger partial charge in [-0.2, -0.15) is 0 Å². The van der Waals surface area contributed by atoms with Crippen LogP contribution in [0.15, 0.2) is 96.1 Å². The molecule has 5 atom stereocenters. The molecule has 3 aromatic rings. The van der Waals surface area contributed by atoms with Gasteiger partial charge in [-0.05, 0) is 48.9 Å². The third kappa shape index (κ3) is 6.36. The minimum absolute atomic E-state index is 0.216. The summed E-state index contributed by atoms with van der Waals surface area (Å²) in [5, 5.41) is 3.58. The molecule has 4 rings (SSSR count). The van der Waals surface area contributed by atoms with Gasteiger partial charge in [-0.15, -0.1) is 0 Å².